The van der Waals surface area contributed by atoms with Gasteiger partial charge < -0.3 is 18.6 Å². The third-order valence-corrected chi connectivity index (χ3v) is 3.91. The molecular weight excluding hydrogens is 372 g/mol. The number of benzene rings is 2. The fraction of sp³-hybridized carbons (Fsp3) is 0.200. The molecule has 0 radical (unpaired) electrons. The van der Waals surface area contributed by atoms with Crippen molar-refractivity contribution in [2.45, 2.75) is 13.3 Å². The summed E-state index contributed by atoms with van der Waals surface area (Å²) in [6.45, 7) is 2.04. The molecule has 0 spiro atoms. The fourth-order valence-corrected chi connectivity index (χ4v) is 2.47. The Kier molecular flexibility index (Phi) is 5.98. The zero-order valence-corrected chi connectivity index (χ0v) is 15.3. The maximum Gasteiger partial charge on any atom is 0.344 e. The van der Waals surface area contributed by atoms with Crippen LogP contribution < -0.4 is 14.9 Å². The highest BCUT2D eigenvalue weighted by molar-refractivity contribution is 6.32. The van der Waals surface area contributed by atoms with Gasteiger partial charge >= 0.3 is 5.97 Å². The summed E-state index contributed by atoms with van der Waals surface area (Å²) in [6, 6.07) is 11.5. The molecule has 1 aromatic heterocycles. The molecule has 3 aromatic rings. The molecule has 6 nitrogen and oxygen atoms in total. The summed E-state index contributed by atoms with van der Waals surface area (Å²) in [7, 11) is 0. The molecule has 0 amide bonds. The highest BCUT2D eigenvalue weighted by Gasteiger charge is 2.12. The largest absolute Gasteiger partial charge is 0.482 e. The molecule has 0 aliphatic carbocycles. The number of hydrogen-bond donors (Lipinski definition) is 0. The Morgan fingerprint density at radius 1 is 1.15 bits per heavy atom. The van der Waals surface area contributed by atoms with Gasteiger partial charge in [-0.25, -0.2) is 4.79 Å². The maximum atomic E-state index is 12.6. The van der Waals surface area contributed by atoms with Gasteiger partial charge in [0.05, 0.1) is 17.0 Å². The van der Waals surface area contributed by atoms with Gasteiger partial charge in [-0.1, -0.05) is 30.7 Å². The molecule has 140 valence electrons. The number of fused-ring (bicyclic) bond motifs is 1. The second-order valence-electron chi connectivity index (χ2n) is 5.63. The van der Waals surface area contributed by atoms with E-state index in [4.69, 9.17) is 30.2 Å². The molecule has 0 aliphatic heterocycles. The summed E-state index contributed by atoms with van der Waals surface area (Å²) in [4.78, 5) is 24.1. The lowest BCUT2D eigenvalue weighted by atomic mass is 10.2. The molecule has 0 N–H and O–H groups in total. The van der Waals surface area contributed by atoms with Crippen LogP contribution in [0.5, 0.6) is 17.2 Å². The second kappa shape index (κ2) is 8.60. The Bertz CT molecular complexity index is 1010. The molecule has 0 aliphatic rings. The quantitative estimate of drug-likeness (QED) is 0.552. The van der Waals surface area contributed by atoms with Gasteiger partial charge in [-0.05, 0) is 30.7 Å². The van der Waals surface area contributed by atoms with Gasteiger partial charge in [0.25, 0.3) is 0 Å². The van der Waals surface area contributed by atoms with Crippen molar-refractivity contribution in [3.63, 3.8) is 0 Å². The molecule has 1 heterocycles. The summed E-state index contributed by atoms with van der Waals surface area (Å²) in [5.41, 5.74) is -0.0315. The topological polar surface area (TPSA) is 75.0 Å². The van der Waals surface area contributed by atoms with Crippen LogP contribution in [0.2, 0.25) is 5.02 Å². The number of esters is 1. The molecule has 0 saturated carbocycles. The molecule has 0 saturated heterocycles. The van der Waals surface area contributed by atoms with Crippen LogP contribution in [0.15, 0.2) is 57.9 Å². The molecule has 0 bridgehead atoms. The third kappa shape index (κ3) is 4.60. The first-order valence-electron chi connectivity index (χ1n) is 8.35. The van der Waals surface area contributed by atoms with E-state index in [2.05, 4.69) is 0 Å². The van der Waals surface area contributed by atoms with Crippen molar-refractivity contribution >= 4 is 28.5 Å². The highest BCUT2D eigenvalue weighted by atomic mass is 35.5. The standard InChI is InChI=1S/C20H17ClO6/c1-2-9-24-19(22)12-25-13-7-8-14-17(10-13)26-11-18(20(14)23)27-16-6-4-3-5-15(16)21/h3-8,10-11H,2,9,12H2,1H3. The van der Waals surface area contributed by atoms with Gasteiger partial charge in [0, 0.05) is 6.07 Å². The average Bonchev–Trinajstić information content (AvgIpc) is 2.68. The summed E-state index contributed by atoms with van der Waals surface area (Å²) in [5, 5.41) is 0.705. The second-order valence-corrected chi connectivity index (χ2v) is 6.04. The first-order valence-corrected chi connectivity index (χ1v) is 8.72. The first kappa shape index (κ1) is 18.8. The Labute approximate surface area is 160 Å². The van der Waals surface area contributed by atoms with Crippen molar-refractivity contribution in [3.05, 3.63) is 64.0 Å². The maximum absolute atomic E-state index is 12.6. The lowest BCUT2D eigenvalue weighted by Crippen LogP contribution is -2.15. The van der Waals surface area contributed by atoms with Crippen LogP contribution >= 0.6 is 11.6 Å². The number of ether oxygens (including phenoxy) is 3. The van der Waals surface area contributed by atoms with Gasteiger partial charge in [-0.15, -0.1) is 0 Å². The minimum absolute atomic E-state index is 0.0208. The van der Waals surface area contributed by atoms with E-state index in [9.17, 15) is 9.59 Å². The summed E-state index contributed by atoms with van der Waals surface area (Å²) in [6.07, 6.45) is 1.96. The Balaban J connectivity index is 1.78. The summed E-state index contributed by atoms with van der Waals surface area (Å²) >= 11 is 6.05. The van der Waals surface area contributed by atoms with Crippen LogP contribution in [0.3, 0.4) is 0 Å². The third-order valence-electron chi connectivity index (χ3n) is 3.59. The predicted octanol–water partition coefficient (Wildman–Crippen LogP) is 4.57. The highest BCUT2D eigenvalue weighted by Crippen LogP contribution is 2.28. The van der Waals surface area contributed by atoms with Gasteiger partial charge in [-0.2, -0.15) is 0 Å². The minimum atomic E-state index is -0.457. The Morgan fingerprint density at radius 3 is 2.74 bits per heavy atom. The Morgan fingerprint density at radius 2 is 1.96 bits per heavy atom. The molecule has 2 aromatic carbocycles. The lowest BCUT2D eigenvalue weighted by molar-refractivity contribution is -0.146. The summed E-state index contributed by atoms with van der Waals surface area (Å²) < 4.78 is 21.4. The van der Waals surface area contributed by atoms with Crippen LogP contribution in [0.25, 0.3) is 11.0 Å². The minimum Gasteiger partial charge on any atom is -0.482 e. The van der Waals surface area contributed by atoms with Crippen LogP contribution in [0.1, 0.15) is 13.3 Å². The van der Waals surface area contributed by atoms with Gasteiger partial charge in [0.2, 0.25) is 11.2 Å². The SMILES string of the molecule is CCCOC(=O)COc1ccc2c(=O)c(Oc3ccccc3Cl)coc2c1. The van der Waals surface area contributed by atoms with Crippen molar-refractivity contribution in [3.8, 4) is 17.2 Å². The molecule has 0 fully saturated rings. The van der Waals surface area contributed by atoms with E-state index in [0.717, 1.165) is 6.42 Å². The number of rotatable bonds is 7. The number of hydrogen-bond acceptors (Lipinski definition) is 6. The van der Waals surface area contributed by atoms with Crippen molar-refractivity contribution < 1.29 is 23.4 Å². The van der Waals surface area contributed by atoms with E-state index in [0.29, 0.717) is 34.1 Å². The van der Waals surface area contributed by atoms with E-state index in [-0.39, 0.29) is 17.8 Å². The molecule has 27 heavy (non-hydrogen) atoms. The monoisotopic (exact) mass is 388 g/mol. The van der Waals surface area contributed by atoms with Crippen LogP contribution in [-0.4, -0.2) is 19.2 Å². The van der Waals surface area contributed by atoms with Crippen molar-refractivity contribution in [2.75, 3.05) is 13.2 Å². The zero-order chi connectivity index (χ0) is 19.2. The molecule has 0 atom stereocenters. The van der Waals surface area contributed by atoms with Crippen LogP contribution in [0, 0.1) is 0 Å². The lowest BCUT2D eigenvalue weighted by Gasteiger charge is -2.08. The van der Waals surface area contributed by atoms with E-state index < -0.39 is 5.97 Å². The first-order chi connectivity index (χ1) is 13.1. The normalized spacial score (nSPS) is 10.6. The molecule has 7 heteroatoms. The molecular formula is C20H17ClO6. The van der Waals surface area contributed by atoms with Crippen molar-refractivity contribution in [2.24, 2.45) is 0 Å². The zero-order valence-electron chi connectivity index (χ0n) is 14.6. The number of para-hydroxylation sites is 1. The number of carbonyl (C=O) groups is 1. The van der Waals surface area contributed by atoms with E-state index in [1.165, 1.54) is 12.3 Å². The fourth-order valence-electron chi connectivity index (χ4n) is 2.30. The average molecular weight is 389 g/mol. The van der Waals surface area contributed by atoms with Crippen molar-refractivity contribution in [1.82, 2.24) is 0 Å². The van der Waals surface area contributed by atoms with Gasteiger partial charge in [0.1, 0.15) is 23.3 Å². The number of halogens is 1. The van der Waals surface area contributed by atoms with Crippen LogP contribution in [-0.2, 0) is 9.53 Å². The smallest absolute Gasteiger partial charge is 0.344 e. The summed E-state index contributed by atoms with van der Waals surface area (Å²) in [5.74, 6) is 0.310. The predicted molar refractivity (Wildman–Crippen MR) is 101 cm³/mol. The van der Waals surface area contributed by atoms with E-state index in [1.807, 2.05) is 6.92 Å². The van der Waals surface area contributed by atoms with E-state index >= 15 is 0 Å². The van der Waals surface area contributed by atoms with Crippen LogP contribution in [0.4, 0.5) is 0 Å². The van der Waals surface area contributed by atoms with E-state index in [1.54, 1.807) is 36.4 Å². The number of carbonyl (C=O) groups excluding carboxylic acids is 1. The van der Waals surface area contributed by atoms with Crippen molar-refractivity contribution in [1.29, 1.82) is 0 Å². The molecule has 0 unspecified atom stereocenters. The Hall–Kier alpha value is -2.99. The van der Waals surface area contributed by atoms with Gasteiger partial charge in [-0.3, -0.25) is 4.79 Å². The van der Waals surface area contributed by atoms with Gasteiger partial charge in [0.15, 0.2) is 6.61 Å². The molecule has 3 rings (SSSR count).